The van der Waals surface area contributed by atoms with E-state index in [-0.39, 0.29) is 17.8 Å². The van der Waals surface area contributed by atoms with Gasteiger partial charge in [-0.25, -0.2) is 18.0 Å². The predicted molar refractivity (Wildman–Crippen MR) is 74.5 cm³/mol. The first-order chi connectivity index (χ1) is 10.5. The van der Waals surface area contributed by atoms with Gasteiger partial charge in [-0.1, -0.05) is 12.1 Å². The molecule has 7 heteroatoms. The molecule has 0 aliphatic carbocycles. The fraction of sp³-hybridized carbons (Fsp3) is 0.133. The lowest BCUT2D eigenvalue weighted by Crippen LogP contribution is -2.28. The topological polar surface area (TPSA) is 61.4 Å². The van der Waals surface area contributed by atoms with Crippen molar-refractivity contribution in [2.24, 2.45) is 0 Å². The van der Waals surface area contributed by atoms with Crippen molar-refractivity contribution in [2.75, 3.05) is 5.32 Å². The monoisotopic (exact) mass is 310 g/mol. The minimum atomic E-state index is -0.895. The summed E-state index contributed by atoms with van der Waals surface area (Å²) in [7, 11) is 0. The van der Waals surface area contributed by atoms with E-state index in [0.29, 0.717) is 11.6 Å². The van der Waals surface area contributed by atoms with E-state index in [1.54, 1.807) is 6.07 Å². The van der Waals surface area contributed by atoms with Crippen molar-refractivity contribution < 1.29 is 23.1 Å². The van der Waals surface area contributed by atoms with Crippen LogP contribution in [0.2, 0.25) is 0 Å². The zero-order valence-electron chi connectivity index (χ0n) is 11.4. The minimum Gasteiger partial charge on any atom is -0.392 e. The Morgan fingerprint density at radius 3 is 2.45 bits per heavy atom. The molecular formula is C15H13F3N2O2. The Morgan fingerprint density at radius 1 is 1.05 bits per heavy atom. The molecule has 4 nitrogen and oxygen atoms in total. The first-order valence-electron chi connectivity index (χ1n) is 6.37. The number of carbonyl (C=O) groups excluding carboxylic acids is 1. The summed E-state index contributed by atoms with van der Waals surface area (Å²) in [6.07, 6.45) is 0. The Hall–Kier alpha value is -2.54. The van der Waals surface area contributed by atoms with Crippen LogP contribution in [-0.2, 0) is 13.2 Å². The maximum Gasteiger partial charge on any atom is 0.319 e. The van der Waals surface area contributed by atoms with Gasteiger partial charge in [-0.2, -0.15) is 0 Å². The molecule has 0 atom stereocenters. The SMILES string of the molecule is O=C(NCc1ccc(CO)c(F)c1)Nc1ccc(F)cc1F. The number of urea groups is 1. The standard InChI is InChI=1S/C15H13F3N2O2/c16-11-3-4-14(13(18)6-11)20-15(22)19-7-9-1-2-10(8-21)12(17)5-9/h1-6,21H,7-8H2,(H2,19,20,22). The molecule has 0 bridgehead atoms. The van der Waals surface area contributed by atoms with Crippen LogP contribution in [0.25, 0.3) is 0 Å². The molecular weight excluding hydrogens is 297 g/mol. The van der Waals surface area contributed by atoms with E-state index < -0.39 is 30.1 Å². The maximum absolute atomic E-state index is 13.4. The summed E-state index contributed by atoms with van der Waals surface area (Å²) in [5.74, 6) is -2.22. The number of aliphatic hydroxyl groups excluding tert-OH is 1. The molecule has 0 aromatic heterocycles. The Balaban J connectivity index is 1.94. The van der Waals surface area contributed by atoms with E-state index in [2.05, 4.69) is 10.6 Å². The lowest BCUT2D eigenvalue weighted by molar-refractivity contribution is 0.251. The van der Waals surface area contributed by atoms with Gasteiger partial charge >= 0.3 is 6.03 Å². The third-order valence-corrected chi connectivity index (χ3v) is 2.92. The van der Waals surface area contributed by atoms with Crippen molar-refractivity contribution >= 4 is 11.7 Å². The van der Waals surface area contributed by atoms with Crippen molar-refractivity contribution in [3.05, 3.63) is 65.0 Å². The molecule has 0 spiro atoms. The van der Waals surface area contributed by atoms with Gasteiger partial charge in [0.2, 0.25) is 0 Å². The highest BCUT2D eigenvalue weighted by Gasteiger charge is 2.08. The predicted octanol–water partition coefficient (Wildman–Crippen LogP) is 2.92. The number of hydrogen-bond donors (Lipinski definition) is 3. The second kappa shape index (κ2) is 6.95. The molecule has 2 amide bonds. The third-order valence-electron chi connectivity index (χ3n) is 2.92. The Morgan fingerprint density at radius 2 is 1.82 bits per heavy atom. The van der Waals surface area contributed by atoms with Gasteiger partial charge in [0.05, 0.1) is 12.3 Å². The molecule has 0 unspecified atom stereocenters. The number of carbonyl (C=O) groups is 1. The average molecular weight is 310 g/mol. The number of nitrogens with one attached hydrogen (secondary N) is 2. The van der Waals surface area contributed by atoms with Crippen LogP contribution in [-0.4, -0.2) is 11.1 Å². The van der Waals surface area contributed by atoms with Gasteiger partial charge in [-0.15, -0.1) is 0 Å². The van der Waals surface area contributed by atoms with Crippen molar-refractivity contribution in [1.29, 1.82) is 0 Å². The van der Waals surface area contributed by atoms with E-state index >= 15 is 0 Å². The fourth-order valence-corrected chi connectivity index (χ4v) is 1.77. The van der Waals surface area contributed by atoms with Crippen molar-refractivity contribution in [2.45, 2.75) is 13.2 Å². The van der Waals surface area contributed by atoms with Gasteiger partial charge in [-0.05, 0) is 23.8 Å². The molecule has 2 aromatic carbocycles. The summed E-state index contributed by atoms with van der Waals surface area (Å²) >= 11 is 0. The summed E-state index contributed by atoms with van der Waals surface area (Å²) in [5, 5.41) is 13.5. The zero-order valence-corrected chi connectivity index (χ0v) is 11.4. The molecule has 22 heavy (non-hydrogen) atoms. The fourth-order valence-electron chi connectivity index (χ4n) is 1.77. The van der Waals surface area contributed by atoms with E-state index in [1.165, 1.54) is 12.1 Å². The van der Waals surface area contributed by atoms with Crippen molar-refractivity contribution in [1.82, 2.24) is 5.32 Å². The lowest BCUT2D eigenvalue weighted by Gasteiger charge is -2.09. The van der Waals surface area contributed by atoms with Gasteiger partial charge in [0.15, 0.2) is 0 Å². The smallest absolute Gasteiger partial charge is 0.319 e. The van der Waals surface area contributed by atoms with Crippen LogP contribution >= 0.6 is 0 Å². The second-order valence-electron chi connectivity index (χ2n) is 4.52. The number of anilines is 1. The molecule has 0 aliphatic rings. The molecule has 0 saturated carbocycles. The van der Waals surface area contributed by atoms with Crippen LogP contribution in [0.15, 0.2) is 36.4 Å². The number of amides is 2. The van der Waals surface area contributed by atoms with E-state index in [4.69, 9.17) is 5.11 Å². The largest absolute Gasteiger partial charge is 0.392 e. The first kappa shape index (κ1) is 15.8. The number of aliphatic hydroxyl groups is 1. The highest BCUT2D eigenvalue weighted by molar-refractivity contribution is 5.89. The van der Waals surface area contributed by atoms with E-state index in [1.807, 2.05) is 0 Å². The highest BCUT2D eigenvalue weighted by atomic mass is 19.1. The van der Waals surface area contributed by atoms with Crippen LogP contribution in [0.1, 0.15) is 11.1 Å². The third kappa shape index (κ3) is 3.98. The van der Waals surface area contributed by atoms with Gasteiger partial charge in [0.25, 0.3) is 0 Å². The summed E-state index contributed by atoms with van der Waals surface area (Å²) in [5.41, 5.74) is 0.465. The van der Waals surface area contributed by atoms with Crippen molar-refractivity contribution in [3.8, 4) is 0 Å². The maximum atomic E-state index is 13.4. The normalized spacial score (nSPS) is 10.4. The van der Waals surface area contributed by atoms with Crippen LogP contribution in [0.4, 0.5) is 23.7 Å². The van der Waals surface area contributed by atoms with Gasteiger partial charge in [-0.3, -0.25) is 0 Å². The Kier molecular flexibility index (Phi) is 5.00. The Labute approximate surface area is 124 Å². The quantitative estimate of drug-likeness (QED) is 0.813. The van der Waals surface area contributed by atoms with Crippen LogP contribution in [0, 0.1) is 17.5 Å². The van der Waals surface area contributed by atoms with Crippen molar-refractivity contribution in [3.63, 3.8) is 0 Å². The van der Waals surface area contributed by atoms with Crippen LogP contribution < -0.4 is 10.6 Å². The molecule has 0 saturated heterocycles. The zero-order chi connectivity index (χ0) is 16.1. The molecule has 0 radical (unpaired) electrons. The molecule has 3 N–H and O–H groups in total. The van der Waals surface area contributed by atoms with Gasteiger partial charge < -0.3 is 15.7 Å². The molecule has 0 heterocycles. The Bertz CT molecular complexity index is 692. The lowest BCUT2D eigenvalue weighted by atomic mass is 10.1. The number of halogens is 3. The molecule has 0 fully saturated rings. The molecule has 116 valence electrons. The molecule has 2 rings (SSSR count). The summed E-state index contributed by atoms with van der Waals surface area (Å²) < 4.78 is 39.5. The second-order valence-corrected chi connectivity index (χ2v) is 4.52. The molecule has 0 aliphatic heterocycles. The first-order valence-corrected chi connectivity index (χ1v) is 6.37. The summed E-state index contributed by atoms with van der Waals surface area (Å²) in [6.45, 7) is -0.402. The van der Waals surface area contributed by atoms with E-state index in [0.717, 1.165) is 12.1 Å². The van der Waals surface area contributed by atoms with Crippen LogP contribution in [0.3, 0.4) is 0 Å². The van der Waals surface area contributed by atoms with Gasteiger partial charge in [0, 0.05) is 18.2 Å². The van der Waals surface area contributed by atoms with Crippen LogP contribution in [0.5, 0.6) is 0 Å². The summed E-state index contributed by atoms with van der Waals surface area (Å²) in [6, 6.07) is 6.19. The number of rotatable bonds is 4. The van der Waals surface area contributed by atoms with E-state index in [9.17, 15) is 18.0 Å². The number of benzene rings is 2. The molecule has 2 aromatic rings. The number of hydrogen-bond acceptors (Lipinski definition) is 2. The van der Waals surface area contributed by atoms with Gasteiger partial charge in [0.1, 0.15) is 17.5 Å². The average Bonchev–Trinajstić information content (AvgIpc) is 2.48. The minimum absolute atomic E-state index is 0.0112. The highest BCUT2D eigenvalue weighted by Crippen LogP contribution is 2.15. The summed E-state index contributed by atoms with van der Waals surface area (Å²) in [4.78, 5) is 11.6.